The van der Waals surface area contributed by atoms with E-state index in [1.807, 2.05) is 0 Å². The van der Waals surface area contributed by atoms with Crippen LogP contribution in [0.2, 0.25) is 0 Å². The summed E-state index contributed by atoms with van der Waals surface area (Å²) in [5.41, 5.74) is 1.27. The molecule has 0 atom stereocenters. The van der Waals surface area contributed by atoms with Gasteiger partial charge in [0.1, 0.15) is 5.56 Å². The molecule has 0 spiro atoms. The van der Waals surface area contributed by atoms with E-state index >= 15 is 0 Å². The molecule has 1 amide bonds. The molecule has 0 bridgehead atoms. The fraction of sp³-hybridized carbons (Fsp3) is 0.133. The molecule has 0 aliphatic heterocycles. The highest BCUT2D eigenvalue weighted by Crippen LogP contribution is 2.19. The molecule has 2 rings (SSSR count). The second kappa shape index (κ2) is 6.62. The van der Waals surface area contributed by atoms with Crippen molar-refractivity contribution in [1.29, 1.82) is 0 Å². The maximum Gasteiger partial charge on any atom is 0.282 e. The third-order valence-electron chi connectivity index (χ3n) is 2.96. The molecule has 0 aliphatic rings. The second-order valence-electron chi connectivity index (χ2n) is 4.40. The molecule has 0 aromatic heterocycles. The minimum absolute atomic E-state index is 0.0157. The molecule has 2 N–H and O–H groups in total. The zero-order chi connectivity index (χ0) is 15.2. The van der Waals surface area contributed by atoms with Gasteiger partial charge in [0.15, 0.2) is 0 Å². The van der Waals surface area contributed by atoms with Crippen LogP contribution in [-0.2, 0) is 6.42 Å². The maximum absolute atomic E-state index is 12.1. The number of nitro benzene ring substituents is 1. The number of hydrogen-bond donors (Lipinski definition) is 2. The van der Waals surface area contributed by atoms with Crippen molar-refractivity contribution in [3.63, 3.8) is 0 Å². The third-order valence-corrected chi connectivity index (χ3v) is 2.96. The molecule has 0 saturated heterocycles. The molecule has 0 unspecified atom stereocenters. The number of anilines is 1. The zero-order valence-electron chi connectivity index (χ0n) is 11.2. The Bertz CT molecular complexity index is 653. The lowest BCUT2D eigenvalue weighted by molar-refractivity contribution is -0.385. The number of aliphatic hydroxyl groups excluding tert-OH is 1. The van der Waals surface area contributed by atoms with Crippen LogP contribution in [0.3, 0.4) is 0 Å². The Balaban J connectivity index is 2.16. The average molecular weight is 286 g/mol. The van der Waals surface area contributed by atoms with E-state index in [4.69, 9.17) is 5.11 Å². The number of carbonyl (C=O) groups excluding carboxylic acids is 1. The fourth-order valence-electron chi connectivity index (χ4n) is 1.91. The van der Waals surface area contributed by atoms with Crippen molar-refractivity contribution in [1.82, 2.24) is 0 Å². The summed E-state index contributed by atoms with van der Waals surface area (Å²) in [4.78, 5) is 22.4. The van der Waals surface area contributed by atoms with Crippen LogP contribution in [0, 0.1) is 10.1 Å². The van der Waals surface area contributed by atoms with Crippen molar-refractivity contribution in [2.75, 3.05) is 11.9 Å². The Morgan fingerprint density at radius 3 is 2.43 bits per heavy atom. The highest BCUT2D eigenvalue weighted by Gasteiger charge is 2.18. The molecule has 0 aliphatic carbocycles. The van der Waals surface area contributed by atoms with E-state index in [2.05, 4.69) is 5.32 Å². The van der Waals surface area contributed by atoms with Gasteiger partial charge >= 0.3 is 0 Å². The molecular weight excluding hydrogens is 272 g/mol. The van der Waals surface area contributed by atoms with Gasteiger partial charge in [0.2, 0.25) is 0 Å². The number of nitrogens with one attached hydrogen (secondary N) is 1. The summed E-state index contributed by atoms with van der Waals surface area (Å²) >= 11 is 0. The lowest BCUT2D eigenvalue weighted by Gasteiger charge is -2.06. The zero-order valence-corrected chi connectivity index (χ0v) is 11.2. The van der Waals surface area contributed by atoms with Gasteiger partial charge in [-0.1, -0.05) is 24.3 Å². The molecule has 6 nitrogen and oxygen atoms in total. The van der Waals surface area contributed by atoms with Gasteiger partial charge in [-0.15, -0.1) is 0 Å². The third kappa shape index (κ3) is 3.64. The number of amides is 1. The summed E-state index contributed by atoms with van der Waals surface area (Å²) in [6.07, 6.45) is 0.540. The summed E-state index contributed by atoms with van der Waals surface area (Å²) in [7, 11) is 0. The van der Waals surface area contributed by atoms with Gasteiger partial charge in [-0.3, -0.25) is 14.9 Å². The summed E-state index contributed by atoms with van der Waals surface area (Å²) < 4.78 is 0. The van der Waals surface area contributed by atoms with Crippen LogP contribution >= 0.6 is 0 Å². The van der Waals surface area contributed by atoms with Gasteiger partial charge in [0.05, 0.1) is 4.92 Å². The number of nitro groups is 1. The lowest BCUT2D eigenvalue weighted by Crippen LogP contribution is -2.13. The van der Waals surface area contributed by atoms with Crippen molar-refractivity contribution in [3.05, 3.63) is 69.8 Å². The van der Waals surface area contributed by atoms with Crippen LogP contribution in [0.1, 0.15) is 15.9 Å². The molecule has 0 fully saturated rings. The van der Waals surface area contributed by atoms with Crippen molar-refractivity contribution in [2.24, 2.45) is 0 Å². The molecule has 6 heteroatoms. The topological polar surface area (TPSA) is 92.5 Å². The van der Waals surface area contributed by atoms with Crippen LogP contribution in [-0.4, -0.2) is 22.5 Å². The van der Waals surface area contributed by atoms with Crippen molar-refractivity contribution >= 4 is 17.3 Å². The Morgan fingerprint density at radius 2 is 1.81 bits per heavy atom. The fourth-order valence-corrected chi connectivity index (χ4v) is 1.91. The monoisotopic (exact) mass is 286 g/mol. The average Bonchev–Trinajstić information content (AvgIpc) is 2.49. The van der Waals surface area contributed by atoms with Crippen molar-refractivity contribution in [3.8, 4) is 0 Å². The van der Waals surface area contributed by atoms with Gasteiger partial charge in [-0.05, 0) is 30.2 Å². The first kappa shape index (κ1) is 14.7. The van der Waals surface area contributed by atoms with Crippen LogP contribution in [0.4, 0.5) is 11.4 Å². The van der Waals surface area contributed by atoms with E-state index < -0.39 is 10.8 Å². The number of aliphatic hydroxyl groups is 1. The van der Waals surface area contributed by atoms with Crippen LogP contribution in [0.25, 0.3) is 0 Å². The van der Waals surface area contributed by atoms with Crippen molar-refractivity contribution in [2.45, 2.75) is 6.42 Å². The largest absolute Gasteiger partial charge is 0.396 e. The number of hydrogen-bond acceptors (Lipinski definition) is 4. The van der Waals surface area contributed by atoms with Gasteiger partial charge in [-0.25, -0.2) is 0 Å². The number of rotatable bonds is 5. The number of nitrogens with zero attached hydrogens (tertiary/aromatic N) is 1. The van der Waals surface area contributed by atoms with E-state index in [-0.39, 0.29) is 17.9 Å². The highest BCUT2D eigenvalue weighted by atomic mass is 16.6. The van der Waals surface area contributed by atoms with Gasteiger partial charge in [-0.2, -0.15) is 0 Å². The van der Waals surface area contributed by atoms with Gasteiger partial charge < -0.3 is 10.4 Å². The second-order valence-corrected chi connectivity index (χ2v) is 4.40. The Labute approximate surface area is 121 Å². The Kier molecular flexibility index (Phi) is 4.63. The number of benzene rings is 2. The molecule has 2 aromatic carbocycles. The smallest absolute Gasteiger partial charge is 0.282 e. The van der Waals surface area contributed by atoms with E-state index in [1.165, 1.54) is 18.2 Å². The normalized spacial score (nSPS) is 10.1. The molecule has 0 saturated carbocycles. The van der Waals surface area contributed by atoms with E-state index in [9.17, 15) is 14.9 Å². The maximum atomic E-state index is 12.1. The summed E-state index contributed by atoms with van der Waals surface area (Å²) in [6, 6.07) is 12.7. The van der Waals surface area contributed by atoms with Gasteiger partial charge in [0.25, 0.3) is 11.6 Å². The first-order chi connectivity index (χ1) is 10.1. The number of para-hydroxylation sites is 1. The minimum Gasteiger partial charge on any atom is -0.396 e. The van der Waals surface area contributed by atoms with E-state index in [1.54, 1.807) is 30.3 Å². The SMILES string of the molecule is O=C(Nc1ccc(CCO)cc1)c1ccccc1[N+](=O)[O-]. The minimum atomic E-state index is -0.584. The van der Waals surface area contributed by atoms with Crippen LogP contribution in [0.5, 0.6) is 0 Å². The quantitative estimate of drug-likeness (QED) is 0.652. The lowest BCUT2D eigenvalue weighted by atomic mass is 10.1. The molecule has 0 radical (unpaired) electrons. The first-order valence-corrected chi connectivity index (χ1v) is 6.36. The molecule has 108 valence electrons. The molecule has 21 heavy (non-hydrogen) atoms. The van der Waals surface area contributed by atoms with Crippen LogP contribution in [0.15, 0.2) is 48.5 Å². The van der Waals surface area contributed by atoms with Gasteiger partial charge in [0, 0.05) is 18.4 Å². The Hall–Kier alpha value is -2.73. The van der Waals surface area contributed by atoms with Crippen LogP contribution < -0.4 is 5.32 Å². The number of carbonyl (C=O) groups is 1. The van der Waals surface area contributed by atoms with E-state index in [0.29, 0.717) is 12.1 Å². The summed E-state index contributed by atoms with van der Waals surface area (Å²) in [5, 5.41) is 22.3. The summed E-state index contributed by atoms with van der Waals surface area (Å²) in [5.74, 6) is -0.530. The molecule has 0 heterocycles. The standard InChI is InChI=1S/C15H14N2O4/c18-10-9-11-5-7-12(8-6-11)16-15(19)13-3-1-2-4-14(13)17(20)21/h1-8,18H,9-10H2,(H,16,19). The summed E-state index contributed by atoms with van der Waals surface area (Å²) in [6.45, 7) is 0.0575. The Morgan fingerprint density at radius 1 is 1.14 bits per heavy atom. The predicted octanol–water partition coefficient (Wildman–Crippen LogP) is 2.38. The van der Waals surface area contributed by atoms with Crippen molar-refractivity contribution < 1.29 is 14.8 Å². The molecular formula is C15H14N2O4. The predicted molar refractivity (Wildman–Crippen MR) is 78.3 cm³/mol. The first-order valence-electron chi connectivity index (χ1n) is 6.36. The highest BCUT2D eigenvalue weighted by molar-refractivity contribution is 6.07. The molecule has 2 aromatic rings. The van der Waals surface area contributed by atoms with E-state index in [0.717, 1.165) is 5.56 Å².